The SMILES string of the molecule is CC(C)(C)C1CCC(OC(F)F)CN1. The van der Waals surface area contributed by atoms with Crippen LogP contribution in [0.5, 0.6) is 0 Å². The minimum atomic E-state index is -2.65. The van der Waals surface area contributed by atoms with Crippen molar-refractivity contribution in [3.63, 3.8) is 0 Å². The lowest BCUT2D eigenvalue weighted by Gasteiger charge is -2.37. The Balaban J connectivity index is 2.31. The first kappa shape index (κ1) is 11.9. The van der Waals surface area contributed by atoms with Gasteiger partial charge in [0.1, 0.15) is 0 Å². The zero-order valence-electron chi connectivity index (χ0n) is 9.02. The molecule has 0 aromatic heterocycles. The van der Waals surface area contributed by atoms with Crippen molar-refractivity contribution in [1.29, 1.82) is 0 Å². The predicted octanol–water partition coefficient (Wildman–Crippen LogP) is 2.39. The lowest BCUT2D eigenvalue weighted by atomic mass is 9.81. The standard InChI is InChI=1S/C10H19F2NO/c1-10(2,3)8-5-4-7(6-13-8)14-9(11)12/h7-9,13H,4-6H2,1-3H3. The molecule has 1 N–H and O–H groups in total. The Morgan fingerprint density at radius 1 is 1.29 bits per heavy atom. The Morgan fingerprint density at radius 3 is 2.29 bits per heavy atom. The van der Waals surface area contributed by atoms with E-state index < -0.39 is 6.61 Å². The topological polar surface area (TPSA) is 21.3 Å². The smallest absolute Gasteiger partial charge is 0.318 e. The predicted molar refractivity (Wildman–Crippen MR) is 51.4 cm³/mol. The van der Waals surface area contributed by atoms with Gasteiger partial charge in [0.05, 0.1) is 6.10 Å². The van der Waals surface area contributed by atoms with Crippen LogP contribution >= 0.6 is 0 Å². The highest BCUT2D eigenvalue weighted by atomic mass is 19.3. The van der Waals surface area contributed by atoms with E-state index in [-0.39, 0.29) is 11.5 Å². The van der Waals surface area contributed by atoms with Gasteiger partial charge in [-0.3, -0.25) is 0 Å². The van der Waals surface area contributed by atoms with E-state index in [0.29, 0.717) is 12.6 Å². The van der Waals surface area contributed by atoms with Crippen LogP contribution in [0.4, 0.5) is 8.78 Å². The molecule has 1 aliphatic rings. The molecule has 1 fully saturated rings. The molecule has 0 amide bonds. The van der Waals surface area contributed by atoms with E-state index in [2.05, 4.69) is 30.8 Å². The molecule has 0 spiro atoms. The molecule has 1 saturated heterocycles. The van der Waals surface area contributed by atoms with Crippen molar-refractivity contribution >= 4 is 0 Å². The second-order valence-electron chi connectivity index (χ2n) is 4.92. The number of hydrogen-bond donors (Lipinski definition) is 1. The minimum absolute atomic E-state index is 0.190. The van der Waals surface area contributed by atoms with Crippen LogP contribution in [0.25, 0.3) is 0 Å². The molecule has 0 bridgehead atoms. The summed E-state index contributed by atoms with van der Waals surface area (Å²) in [6.45, 7) is 4.34. The van der Waals surface area contributed by atoms with Gasteiger partial charge in [0.15, 0.2) is 0 Å². The Hall–Kier alpha value is -0.220. The van der Waals surface area contributed by atoms with Crippen LogP contribution in [0.1, 0.15) is 33.6 Å². The van der Waals surface area contributed by atoms with Crippen molar-refractivity contribution in [2.24, 2.45) is 5.41 Å². The number of nitrogens with one attached hydrogen (secondary N) is 1. The van der Waals surface area contributed by atoms with Crippen molar-refractivity contribution in [3.8, 4) is 0 Å². The summed E-state index contributed by atoms with van der Waals surface area (Å²) in [7, 11) is 0. The number of halogens is 2. The molecule has 0 radical (unpaired) electrons. The molecule has 1 rings (SSSR count). The summed E-state index contributed by atoms with van der Waals surface area (Å²) >= 11 is 0. The quantitative estimate of drug-likeness (QED) is 0.750. The van der Waals surface area contributed by atoms with Gasteiger partial charge in [-0.15, -0.1) is 0 Å². The number of alkyl halides is 2. The summed E-state index contributed by atoms with van der Waals surface area (Å²) in [4.78, 5) is 0. The zero-order valence-corrected chi connectivity index (χ0v) is 9.02. The average Bonchev–Trinajstić information content (AvgIpc) is 2.02. The van der Waals surface area contributed by atoms with Crippen LogP contribution in [-0.2, 0) is 4.74 Å². The number of hydrogen-bond acceptors (Lipinski definition) is 2. The first-order chi connectivity index (χ1) is 6.39. The summed E-state index contributed by atoms with van der Waals surface area (Å²) < 4.78 is 28.3. The molecule has 0 saturated carbocycles. The van der Waals surface area contributed by atoms with Crippen molar-refractivity contribution in [3.05, 3.63) is 0 Å². The second-order valence-corrected chi connectivity index (χ2v) is 4.92. The van der Waals surface area contributed by atoms with E-state index in [1.807, 2.05) is 0 Å². The number of rotatable bonds is 2. The molecule has 0 aromatic carbocycles. The van der Waals surface area contributed by atoms with Gasteiger partial charge in [0.2, 0.25) is 0 Å². The molecule has 4 heteroatoms. The molecule has 84 valence electrons. The van der Waals surface area contributed by atoms with E-state index in [1.165, 1.54) is 0 Å². The van der Waals surface area contributed by atoms with Gasteiger partial charge in [-0.05, 0) is 18.3 Å². The van der Waals surface area contributed by atoms with Gasteiger partial charge < -0.3 is 10.1 Å². The fourth-order valence-corrected chi connectivity index (χ4v) is 1.83. The summed E-state index contributed by atoms with van der Waals surface area (Å²) in [5.41, 5.74) is 0.190. The van der Waals surface area contributed by atoms with Crippen molar-refractivity contribution in [2.45, 2.75) is 52.4 Å². The lowest BCUT2D eigenvalue weighted by Crippen LogP contribution is -2.49. The maximum Gasteiger partial charge on any atom is 0.345 e. The van der Waals surface area contributed by atoms with Crippen LogP contribution in [0.2, 0.25) is 0 Å². The molecule has 2 unspecified atom stereocenters. The Bertz CT molecular complexity index is 171. The molecular weight excluding hydrogens is 188 g/mol. The maximum absolute atomic E-state index is 11.9. The Morgan fingerprint density at radius 2 is 1.93 bits per heavy atom. The van der Waals surface area contributed by atoms with E-state index >= 15 is 0 Å². The fraction of sp³-hybridized carbons (Fsp3) is 1.00. The summed E-state index contributed by atoms with van der Waals surface area (Å²) in [5, 5.41) is 3.26. The second kappa shape index (κ2) is 4.53. The Labute approximate surface area is 84.0 Å². The van der Waals surface area contributed by atoms with Crippen molar-refractivity contribution in [2.75, 3.05) is 6.54 Å². The monoisotopic (exact) mass is 207 g/mol. The number of ether oxygens (including phenoxy) is 1. The van der Waals surface area contributed by atoms with Gasteiger partial charge in [0, 0.05) is 12.6 Å². The zero-order chi connectivity index (χ0) is 10.8. The van der Waals surface area contributed by atoms with Crippen LogP contribution in [0.15, 0.2) is 0 Å². The van der Waals surface area contributed by atoms with E-state index in [4.69, 9.17) is 0 Å². The Kier molecular flexibility index (Phi) is 3.84. The first-order valence-electron chi connectivity index (χ1n) is 5.06. The van der Waals surface area contributed by atoms with E-state index in [0.717, 1.165) is 12.8 Å². The van der Waals surface area contributed by atoms with Gasteiger partial charge in [-0.2, -0.15) is 8.78 Å². The summed E-state index contributed by atoms with van der Waals surface area (Å²) in [6.07, 6.45) is 1.30. The highest BCUT2D eigenvalue weighted by molar-refractivity contribution is 4.86. The van der Waals surface area contributed by atoms with Gasteiger partial charge in [-0.1, -0.05) is 20.8 Å². The highest BCUT2D eigenvalue weighted by Crippen LogP contribution is 2.26. The third-order valence-corrected chi connectivity index (χ3v) is 2.71. The summed E-state index contributed by atoms with van der Waals surface area (Å²) in [6, 6.07) is 0.403. The molecule has 0 aliphatic carbocycles. The fourth-order valence-electron chi connectivity index (χ4n) is 1.83. The molecule has 0 aromatic rings. The van der Waals surface area contributed by atoms with Crippen molar-refractivity contribution in [1.82, 2.24) is 5.32 Å². The molecule has 2 atom stereocenters. The minimum Gasteiger partial charge on any atom is -0.318 e. The highest BCUT2D eigenvalue weighted by Gasteiger charge is 2.30. The third-order valence-electron chi connectivity index (χ3n) is 2.71. The third kappa shape index (κ3) is 3.50. The largest absolute Gasteiger partial charge is 0.345 e. The van der Waals surface area contributed by atoms with Crippen molar-refractivity contribution < 1.29 is 13.5 Å². The van der Waals surface area contributed by atoms with Crippen LogP contribution in [0.3, 0.4) is 0 Å². The van der Waals surface area contributed by atoms with Crippen LogP contribution < -0.4 is 5.32 Å². The molecule has 2 nitrogen and oxygen atoms in total. The summed E-state index contributed by atoms with van der Waals surface area (Å²) in [5.74, 6) is 0. The number of piperidine rings is 1. The van der Waals surface area contributed by atoms with Gasteiger partial charge >= 0.3 is 6.61 Å². The molecular formula is C10H19F2NO. The molecule has 1 heterocycles. The van der Waals surface area contributed by atoms with E-state index in [1.54, 1.807) is 0 Å². The lowest BCUT2D eigenvalue weighted by molar-refractivity contribution is -0.168. The van der Waals surface area contributed by atoms with Crippen LogP contribution in [-0.4, -0.2) is 25.3 Å². The first-order valence-corrected chi connectivity index (χ1v) is 5.06. The van der Waals surface area contributed by atoms with Gasteiger partial charge in [0.25, 0.3) is 0 Å². The van der Waals surface area contributed by atoms with E-state index in [9.17, 15) is 8.78 Å². The molecule has 14 heavy (non-hydrogen) atoms. The average molecular weight is 207 g/mol. The molecule has 1 aliphatic heterocycles. The van der Waals surface area contributed by atoms with Gasteiger partial charge in [-0.25, -0.2) is 0 Å². The normalized spacial score (nSPS) is 29.6. The van der Waals surface area contributed by atoms with Crippen LogP contribution in [0, 0.1) is 5.41 Å². The maximum atomic E-state index is 11.9.